The van der Waals surface area contributed by atoms with Crippen molar-refractivity contribution in [3.05, 3.63) is 28.9 Å². The second-order valence-corrected chi connectivity index (χ2v) is 4.67. The van der Waals surface area contributed by atoms with E-state index in [0.29, 0.717) is 16.3 Å². The number of carbonyl (C=O) groups is 1. The fraction of sp³-hybridized carbons (Fsp3) is 0.333. The summed E-state index contributed by atoms with van der Waals surface area (Å²) in [6.45, 7) is 3.47. The number of halogens is 1. The largest absolute Gasteiger partial charge is 0.468 e. The van der Waals surface area contributed by atoms with Gasteiger partial charge in [-0.2, -0.15) is 0 Å². The van der Waals surface area contributed by atoms with Crippen LogP contribution in [0, 0.1) is 0 Å². The molecule has 0 aliphatic rings. The number of rotatable bonds is 2. The highest BCUT2D eigenvalue weighted by Crippen LogP contribution is 2.33. The van der Waals surface area contributed by atoms with Crippen molar-refractivity contribution in [1.29, 1.82) is 0 Å². The molecule has 0 saturated heterocycles. The first-order chi connectivity index (χ1) is 7.98. The number of para-hydroxylation sites is 1. The minimum Gasteiger partial charge on any atom is -0.468 e. The van der Waals surface area contributed by atoms with Crippen LogP contribution in [0.2, 0.25) is 5.02 Å². The second kappa shape index (κ2) is 4.04. The van der Waals surface area contributed by atoms with Crippen LogP contribution in [0.4, 0.5) is 0 Å². The molecule has 0 radical (unpaired) electrons. The van der Waals surface area contributed by atoms with Crippen molar-refractivity contribution in [2.75, 3.05) is 7.11 Å². The van der Waals surface area contributed by atoms with E-state index in [0.717, 1.165) is 5.39 Å². The number of methoxy groups -OCH3 is 1. The standard InChI is InChI=1S/C12H12ClNO3/c1-12(2,11(15)16-3)10-7-5-4-6-8(13)9(7)17-14-10/h4-6H,1-3H3. The van der Waals surface area contributed by atoms with Crippen LogP contribution < -0.4 is 0 Å². The molecule has 0 N–H and O–H groups in total. The summed E-state index contributed by atoms with van der Waals surface area (Å²) in [5.41, 5.74) is 0.146. The SMILES string of the molecule is COC(=O)C(C)(C)c1noc2c(Cl)cccc12. The molecule has 0 aliphatic heterocycles. The lowest BCUT2D eigenvalue weighted by molar-refractivity contribution is -0.146. The van der Waals surface area contributed by atoms with Crippen LogP contribution in [-0.4, -0.2) is 18.2 Å². The summed E-state index contributed by atoms with van der Waals surface area (Å²) in [6.07, 6.45) is 0. The van der Waals surface area contributed by atoms with Crippen molar-refractivity contribution in [2.24, 2.45) is 0 Å². The predicted octanol–water partition coefficient (Wildman–Crippen LogP) is 2.93. The van der Waals surface area contributed by atoms with Crippen molar-refractivity contribution in [3.8, 4) is 0 Å². The first-order valence-electron chi connectivity index (χ1n) is 5.11. The molecule has 1 aromatic heterocycles. The molecular weight excluding hydrogens is 242 g/mol. The number of esters is 1. The van der Waals surface area contributed by atoms with Gasteiger partial charge in [0.15, 0.2) is 5.58 Å². The number of aromatic nitrogens is 1. The van der Waals surface area contributed by atoms with Crippen molar-refractivity contribution >= 4 is 28.5 Å². The van der Waals surface area contributed by atoms with Gasteiger partial charge in [-0.1, -0.05) is 22.8 Å². The Morgan fingerprint density at radius 2 is 2.18 bits per heavy atom. The van der Waals surface area contributed by atoms with Gasteiger partial charge in [0.05, 0.1) is 12.1 Å². The van der Waals surface area contributed by atoms with Gasteiger partial charge in [0.1, 0.15) is 11.1 Å². The smallest absolute Gasteiger partial charge is 0.317 e. The van der Waals surface area contributed by atoms with E-state index in [9.17, 15) is 4.79 Å². The molecule has 2 aromatic rings. The Labute approximate surface area is 103 Å². The third kappa shape index (κ3) is 1.78. The van der Waals surface area contributed by atoms with Gasteiger partial charge in [-0.3, -0.25) is 4.79 Å². The predicted molar refractivity (Wildman–Crippen MR) is 64.1 cm³/mol. The van der Waals surface area contributed by atoms with Crippen LogP contribution in [0.3, 0.4) is 0 Å². The molecule has 4 nitrogen and oxygen atoms in total. The van der Waals surface area contributed by atoms with Gasteiger partial charge in [0, 0.05) is 5.39 Å². The minimum absolute atomic E-state index is 0.368. The fourth-order valence-corrected chi connectivity index (χ4v) is 1.94. The lowest BCUT2D eigenvalue weighted by atomic mass is 9.87. The van der Waals surface area contributed by atoms with Gasteiger partial charge >= 0.3 is 5.97 Å². The highest BCUT2D eigenvalue weighted by atomic mass is 35.5. The van der Waals surface area contributed by atoms with Crippen LogP contribution >= 0.6 is 11.6 Å². The van der Waals surface area contributed by atoms with E-state index in [1.165, 1.54) is 7.11 Å². The molecule has 0 fully saturated rings. The summed E-state index contributed by atoms with van der Waals surface area (Å²) in [5, 5.41) is 5.14. The van der Waals surface area contributed by atoms with E-state index >= 15 is 0 Å². The Balaban J connectivity index is 2.64. The summed E-state index contributed by atoms with van der Waals surface area (Å²) < 4.78 is 9.94. The molecule has 17 heavy (non-hydrogen) atoms. The average molecular weight is 254 g/mol. The van der Waals surface area contributed by atoms with Crippen LogP contribution in [0.5, 0.6) is 0 Å². The highest BCUT2D eigenvalue weighted by Gasteiger charge is 2.36. The number of nitrogens with zero attached hydrogens (tertiary/aromatic N) is 1. The van der Waals surface area contributed by atoms with E-state index in [-0.39, 0.29) is 5.97 Å². The molecule has 0 amide bonds. The normalized spacial score (nSPS) is 11.8. The molecule has 0 bridgehead atoms. The Hall–Kier alpha value is -1.55. The van der Waals surface area contributed by atoms with Crippen molar-refractivity contribution in [1.82, 2.24) is 5.16 Å². The Bertz CT molecular complexity index is 574. The zero-order valence-electron chi connectivity index (χ0n) is 9.78. The monoisotopic (exact) mass is 253 g/mol. The number of benzene rings is 1. The Kier molecular flexibility index (Phi) is 2.83. The first kappa shape index (κ1) is 11.9. The average Bonchev–Trinajstić information content (AvgIpc) is 2.73. The minimum atomic E-state index is -0.870. The summed E-state index contributed by atoms with van der Waals surface area (Å²) >= 11 is 5.98. The molecule has 1 aromatic carbocycles. The molecule has 90 valence electrons. The molecule has 1 heterocycles. The third-order valence-electron chi connectivity index (χ3n) is 2.74. The van der Waals surface area contributed by atoms with Gasteiger partial charge < -0.3 is 9.26 Å². The maximum atomic E-state index is 11.7. The summed E-state index contributed by atoms with van der Waals surface area (Å²) in [6, 6.07) is 5.32. The van der Waals surface area contributed by atoms with E-state index in [1.54, 1.807) is 26.0 Å². The van der Waals surface area contributed by atoms with E-state index in [2.05, 4.69) is 5.16 Å². The molecule has 5 heteroatoms. The number of hydrogen-bond acceptors (Lipinski definition) is 4. The van der Waals surface area contributed by atoms with Crippen LogP contribution in [0.15, 0.2) is 22.7 Å². The van der Waals surface area contributed by atoms with Crippen molar-refractivity contribution in [3.63, 3.8) is 0 Å². The van der Waals surface area contributed by atoms with E-state index in [1.807, 2.05) is 6.07 Å². The third-order valence-corrected chi connectivity index (χ3v) is 3.04. The zero-order chi connectivity index (χ0) is 12.6. The van der Waals surface area contributed by atoms with Gasteiger partial charge in [0.25, 0.3) is 0 Å². The van der Waals surface area contributed by atoms with Gasteiger partial charge in [-0.15, -0.1) is 0 Å². The summed E-state index contributed by atoms with van der Waals surface area (Å²) in [4.78, 5) is 11.7. The molecular formula is C12H12ClNO3. The maximum absolute atomic E-state index is 11.7. The number of fused-ring (bicyclic) bond motifs is 1. The molecule has 0 spiro atoms. The lowest BCUT2D eigenvalue weighted by Crippen LogP contribution is -2.30. The van der Waals surface area contributed by atoms with Gasteiger partial charge in [-0.25, -0.2) is 0 Å². The molecule has 0 atom stereocenters. The maximum Gasteiger partial charge on any atom is 0.317 e. The molecule has 0 saturated carbocycles. The van der Waals surface area contributed by atoms with Crippen molar-refractivity contribution < 1.29 is 14.1 Å². The molecule has 0 aliphatic carbocycles. The van der Waals surface area contributed by atoms with Crippen LogP contribution in [-0.2, 0) is 14.9 Å². The van der Waals surface area contributed by atoms with E-state index < -0.39 is 5.41 Å². The molecule has 0 unspecified atom stereocenters. The van der Waals surface area contributed by atoms with Gasteiger partial charge in [0.2, 0.25) is 0 Å². The number of ether oxygens (including phenoxy) is 1. The summed E-state index contributed by atoms with van der Waals surface area (Å²) in [5.74, 6) is -0.368. The topological polar surface area (TPSA) is 52.3 Å². The lowest BCUT2D eigenvalue weighted by Gasteiger charge is -2.18. The number of carbonyl (C=O) groups excluding carboxylic acids is 1. The zero-order valence-corrected chi connectivity index (χ0v) is 10.5. The van der Waals surface area contributed by atoms with E-state index in [4.69, 9.17) is 20.9 Å². The highest BCUT2D eigenvalue weighted by molar-refractivity contribution is 6.34. The fourth-order valence-electron chi connectivity index (χ4n) is 1.73. The second-order valence-electron chi connectivity index (χ2n) is 4.26. The van der Waals surface area contributed by atoms with Gasteiger partial charge in [-0.05, 0) is 26.0 Å². The quantitative estimate of drug-likeness (QED) is 0.772. The molecule has 2 rings (SSSR count). The first-order valence-corrected chi connectivity index (χ1v) is 5.49. The van der Waals surface area contributed by atoms with Crippen LogP contribution in [0.25, 0.3) is 11.0 Å². The summed E-state index contributed by atoms with van der Waals surface area (Å²) in [7, 11) is 1.35. The Morgan fingerprint density at radius 1 is 1.47 bits per heavy atom. The van der Waals surface area contributed by atoms with Crippen molar-refractivity contribution in [2.45, 2.75) is 19.3 Å². The number of hydrogen-bond donors (Lipinski definition) is 0. The Morgan fingerprint density at radius 3 is 2.82 bits per heavy atom. The van der Waals surface area contributed by atoms with Crippen LogP contribution in [0.1, 0.15) is 19.5 Å².